The number of nitrogens with one attached hydrogen (secondary N) is 1. The van der Waals surface area contributed by atoms with Crippen molar-refractivity contribution in [3.8, 4) is 5.75 Å². The zero-order valence-electron chi connectivity index (χ0n) is 21.9. The van der Waals surface area contributed by atoms with Crippen LogP contribution in [0.5, 0.6) is 5.75 Å². The van der Waals surface area contributed by atoms with E-state index in [2.05, 4.69) is 19.2 Å². The summed E-state index contributed by atoms with van der Waals surface area (Å²) in [5.41, 5.74) is 3.06. The van der Waals surface area contributed by atoms with Gasteiger partial charge in [0.05, 0.1) is 17.9 Å². The maximum absolute atomic E-state index is 11.3. The van der Waals surface area contributed by atoms with Crippen molar-refractivity contribution in [2.24, 2.45) is 11.8 Å². The number of ether oxygens (including phenoxy) is 3. The van der Waals surface area contributed by atoms with Crippen LogP contribution in [0.25, 0.3) is 0 Å². The molecule has 0 atom stereocenters. The van der Waals surface area contributed by atoms with Crippen LogP contribution in [0.15, 0.2) is 48.5 Å². The molecule has 0 aliphatic heterocycles. The number of benzene rings is 2. The van der Waals surface area contributed by atoms with Crippen LogP contribution in [-0.2, 0) is 32.3 Å². The average Bonchev–Trinajstić information content (AvgIpc) is 2.77. The lowest BCUT2D eigenvalue weighted by molar-refractivity contribution is -0.149. The topological polar surface area (TPSA) is 73.9 Å². The first kappa shape index (κ1) is 29.0. The van der Waals surface area contributed by atoms with Gasteiger partial charge in [0.2, 0.25) is 0 Å². The number of anilines is 1. The molecule has 34 heavy (non-hydrogen) atoms. The van der Waals surface area contributed by atoms with E-state index >= 15 is 0 Å². The van der Waals surface area contributed by atoms with Gasteiger partial charge in [-0.1, -0.05) is 52.0 Å². The summed E-state index contributed by atoms with van der Waals surface area (Å²) < 4.78 is 15.8. The van der Waals surface area contributed by atoms with E-state index in [1.807, 2.05) is 90.1 Å². The average molecular weight is 472 g/mol. The Morgan fingerprint density at radius 2 is 1.09 bits per heavy atom. The van der Waals surface area contributed by atoms with Crippen LogP contribution in [0.4, 0.5) is 5.69 Å². The van der Waals surface area contributed by atoms with Crippen molar-refractivity contribution < 1.29 is 23.8 Å². The largest absolute Gasteiger partial charge is 0.491 e. The normalized spacial score (nSPS) is 10.7. The van der Waals surface area contributed by atoms with Gasteiger partial charge in [-0.3, -0.25) is 9.59 Å². The molecule has 6 nitrogen and oxygen atoms in total. The third-order valence-corrected chi connectivity index (χ3v) is 4.41. The minimum atomic E-state index is -0.174. The van der Waals surface area contributed by atoms with Gasteiger partial charge >= 0.3 is 11.9 Å². The van der Waals surface area contributed by atoms with Gasteiger partial charge in [-0.25, -0.2) is 0 Å². The van der Waals surface area contributed by atoms with Crippen LogP contribution >= 0.6 is 0 Å². The number of carbonyl (C=O) groups is 2. The SMILES string of the molecule is CC(C)Nc1ccc(COC(=O)C(C)C)cc1.CC(C)Oc1ccc(COC(=O)C(C)C)cc1. The molecule has 0 radical (unpaired) electrons. The van der Waals surface area contributed by atoms with Gasteiger partial charge in [0.15, 0.2) is 0 Å². The number of hydrogen-bond donors (Lipinski definition) is 1. The molecule has 1 N–H and O–H groups in total. The summed E-state index contributed by atoms with van der Waals surface area (Å²) in [4.78, 5) is 22.6. The first-order valence-corrected chi connectivity index (χ1v) is 11.9. The van der Waals surface area contributed by atoms with E-state index in [0.29, 0.717) is 19.3 Å². The van der Waals surface area contributed by atoms with E-state index in [1.54, 1.807) is 0 Å². The van der Waals surface area contributed by atoms with E-state index in [-0.39, 0.29) is 29.9 Å². The maximum atomic E-state index is 11.3. The van der Waals surface area contributed by atoms with E-state index in [0.717, 1.165) is 22.6 Å². The minimum absolute atomic E-state index is 0.0723. The molecule has 0 heterocycles. The van der Waals surface area contributed by atoms with Crippen molar-refractivity contribution in [1.82, 2.24) is 0 Å². The van der Waals surface area contributed by atoms with Crippen LogP contribution in [0.2, 0.25) is 0 Å². The minimum Gasteiger partial charge on any atom is -0.491 e. The van der Waals surface area contributed by atoms with Crippen molar-refractivity contribution in [1.29, 1.82) is 0 Å². The van der Waals surface area contributed by atoms with Gasteiger partial charge in [-0.2, -0.15) is 0 Å². The molecule has 188 valence electrons. The van der Waals surface area contributed by atoms with Crippen LogP contribution < -0.4 is 10.1 Å². The first-order valence-electron chi connectivity index (χ1n) is 11.9. The Labute approximate surface area is 205 Å². The van der Waals surface area contributed by atoms with Crippen molar-refractivity contribution >= 4 is 17.6 Å². The predicted octanol–water partition coefficient (Wildman–Crippen LogP) is 6.38. The quantitative estimate of drug-likeness (QED) is 0.405. The lowest BCUT2D eigenvalue weighted by Gasteiger charge is -2.11. The number of carbonyl (C=O) groups excluding carboxylic acids is 2. The summed E-state index contributed by atoms with van der Waals surface area (Å²) in [6.45, 7) is 16.1. The lowest BCUT2D eigenvalue weighted by atomic mass is 10.2. The second-order valence-corrected chi connectivity index (χ2v) is 9.33. The van der Waals surface area contributed by atoms with Crippen LogP contribution in [0.3, 0.4) is 0 Å². The first-order chi connectivity index (χ1) is 16.0. The van der Waals surface area contributed by atoms with Gasteiger partial charge < -0.3 is 19.5 Å². The molecule has 0 amide bonds. The summed E-state index contributed by atoms with van der Waals surface area (Å²) >= 11 is 0. The molecule has 0 bridgehead atoms. The van der Waals surface area contributed by atoms with Crippen molar-refractivity contribution in [3.63, 3.8) is 0 Å². The zero-order valence-corrected chi connectivity index (χ0v) is 21.9. The molecule has 6 heteroatoms. The molecule has 2 aromatic rings. The Balaban J connectivity index is 0.000000340. The molecule has 0 unspecified atom stereocenters. The van der Waals surface area contributed by atoms with Gasteiger partial charge in [-0.05, 0) is 63.1 Å². The molecular weight excluding hydrogens is 430 g/mol. The van der Waals surface area contributed by atoms with Crippen LogP contribution in [0, 0.1) is 11.8 Å². The molecule has 0 saturated heterocycles. The molecule has 2 aromatic carbocycles. The second kappa shape index (κ2) is 15.0. The highest BCUT2D eigenvalue weighted by atomic mass is 16.5. The summed E-state index contributed by atoms with van der Waals surface area (Å²) in [6.07, 6.45) is 0.166. The van der Waals surface area contributed by atoms with E-state index < -0.39 is 0 Å². The molecule has 0 aliphatic carbocycles. The number of esters is 2. The second-order valence-electron chi connectivity index (χ2n) is 9.33. The Kier molecular flexibility index (Phi) is 12.8. The van der Waals surface area contributed by atoms with Crippen molar-refractivity contribution in [2.75, 3.05) is 5.32 Å². The van der Waals surface area contributed by atoms with Crippen LogP contribution in [-0.4, -0.2) is 24.1 Å². The fourth-order valence-corrected chi connectivity index (χ4v) is 2.61. The van der Waals surface area contributed by atoms with Gasteiger partial charge in [0.25, 0.3) is 0 Å². The summed E-state index contributed by atoms with van der Waals surface area (Å²) in [7, 11) is 0. The standard InChI is InChI=1S/C14H21NO2.C14H20O3/c1-10(2)14(16)17-9-12-5-7-13(8-6-12)15-11(3)4;1-10(2)14(15)16-9-12-5-7-13(8-6-12)17-11(3)4/h5-8,10-11,15H,9H2,1-4H3;5-8,10-11H,9H2,1-4H3. The molecule has 0 aliphatic rings. The Bertz CT molecular complexity index is 782. The molecule has 0 spiro atoms. The summed E-state index contributed by atoms with van der Waals surface area (Å²) in [6, 6.07) is 15.9. The predicted molar refractivity (Wildman–Crippen MR) is 137 cm³/mol. The van der Waals surface area contributed by atoms with Crippen molar-refractivity contribution in [3.05, 3.63) is 59.7 Å². The fraction of sp³-hybridized carbons (Fsp3) is 0.500. The smallest absolute Gasteiger partial charge is 0.308 e. The molecule has 0 fully saturated rings. The zero-order chi connectivity index (χ0) is 25.7. The molecular formula is C28H41NO5. The van der Waals surface area contributed by atoms with E-state index in [9.17, 15) is 9.59 Å². The third-order valence-electron chi connectivity index (χ3n) is 4.41. The van der Waals surface area contributed by atoms with Crippen molar-refractivity contribution in [2.45, 2.75) is 80.7 Å². The Morgan fingerprint density at radius 3 is 1.44 bits per heavy atom. The molecule has 2 rings (SSSR count). The van der Waals surface area contributed by atoms with Gasteiger partial charge in [-0.15, -0.1) is 0 Å². The Hall–Kier alpha value is -3.02. The summed E-state index contributed by atoms with van der Waals surface area (Å²) in [5, 5.41) is 3.31. The highest BCUT2D eigenvalue weighted by molar-refractivity contribution is 5.71. The van der Waals surface area contributed by atoms with Gasteiger partial charge in [0.1, 0.15) is 19.0 Å². The van der Waals surface area contributed by atoms with E-state index in [1.165, 1.54) is 0 Å². The maximum Gasteiger partial charge on any atom is 0.308 e. The van der Waals surface area contributed by atoms with E-state index in [4.69, 9.17) is 14.2 Å². The summed E-state index contributed by atoms with van der Waals surface area (Å²) in [5.74, 6) is 0.344. The lowest BCUT2D eigenvalue weighted by Crippen LogP contribution is -2.11. The number of rotatable bonds is 10. The van der Waals surface area contributed by atoms with Crippen LogP contribution in [0.1, 0.15) is 66.5 Å². The highest BCUT2D eigenvalue weighted by Gasteiger charge is 2.09. The molecule has 0 aromatic heterocycles. The fourth-order valence-electron chi connectivity index (χ4n) is 2.61. The molecule has 0 saturated carbocycles. The number of hydrogen-bond acceptors (Lipinski definition) is 6. The monoisotopic (exact) mass is 471 g/mol. The Morgan fingerprint density at radius 1 is 0.676 bits per heavy atom. The third kappa shape index (κ3) is 12.3. The highest BCUT2D eigenvalue weighted by Crippen LogP contribution is 2.15. The van der Waals surface area contributed by atoms with Gasteiger partial charge in [0, 0.05) is 11.7 Å².